The summed E-state index contributed by atoms with van der Waals surface area (Å²) in [5.41, 5.74) is 1.34. The first-order chi connectivity index (χ1) is 19.3. The predicted molar refractivity (Wildman–Crippen MR) is 158 cm³/mol. The number of carbonyl (C=O) groups is 2. The van der Waals surface area contributed by atoms with Gasteiger partial charge in [-0.25, -0.2) is 8.42 Å². The number of ether oxygens (including phenoxy) is 1. The van der Waals surface area contributed by atoms with Gasteiger partial charge < -0.3 is 15.0 Å². The number of carbonyl (C=O) groups excluding carboxylic acids is 2. The van der Waals surface area contributed by atoms with E-state index < -0.39 is 28.5 Å². The van der Waals surface area contributed by atoms with Gasteiger partial charge in [0, 0.05) is 13.1 Å². The van der Waals surface area contributed by atoms with Crippen molar-refractivity contribution in [2.45, 2.75) is 50.5 Å². The summed E-state index contributed by atoms with van der Waals surface area (Å²) in [5, 5.41) is 2.94. The Balaban J connectivity index is 1.97. The van der Waals surface area contributed by atoms with E-state index in [1.807, 2.05) is 44.2 Å². The van der Waals surface area contributed by atoms with Gasteiger partial charge in [0.25, 0.3) is 10.0 Å². The van der Waals surface area contributed by atoms with Crippen LogP contribution in [0.2, 0.25) is 0 Å². The number of sulfonamides is 1. The number of unbranched alkanes of at least 4 members (excludes halogenated alkanes) is 1. The highest BCUT2D eigenvalue weighted by Gasteiger charge is 2.33. The Kier molecular flexibility index (Phi) is 11.6. The molecule has 0 bridgehead atoms. The van der Waals surface area contributed by atoms with Crippen LogP contribution in [0, 0.1) is 0 Å². The lowest BCUT2D eigenvalue weighted by molar-refractivity contribution is -0.139. The van der Waals surface area contributed by atoms with Crippen molar-refractivity contribution >= 4 is 27.5 Å². The first-order valence-electron chi connectivity index (χ1n) is 13.6. The molecule has 1 atom stereocenters. The highest BCUT2D eigenvalue weighted by atomic mass is 32.2. The van der Waals surface area contributed by atoms with Gasteiger partial charge in [-0.3, -0.25) is 13.9 Å². The van der Waals surface area contributed by atoms with E-state index >= 15 is 0 Å². The van der Waals surface area contributed by atoms with Crippen LogP contribution in [0.3, 0.4) is 0 Å². The molecule has 3 rings (SSSR count). The summed E-state index contributed by atoms with van der Waals surface area (Å²) < 4.78 is 34.0. The van der Waals surface area contributed by atoms with E-state index in [1.54, 1.807) is 42.5 Å². The molecule has 2 amide bonds. The lowest BCUT2D eigenvalue weighted by Gasteiger charge is -2.33. The molecule has 0 aromatic heterocycles. The minimum Gasteiger partial charge on any atom is -0.497 e. The van der Waals surface area contributed by atoms with Crippen LogP contribution in [0.1, 0.15) is 38.7 Å². The van der Waals surface area contributed by atoms with Crippen molar-refractivity contribution in [3.05, 3.63) is 90.5 Å². The zero-order chi connectivity index (χ0) is 29.0. The molecule has 0 saturated carbocycles. The van der Waals surface area contributed by atoms with Crippen LogP contribution in [-0.4, -0.2) is 57.9 Å². The molecule has 0 radical (unpaired) electrons. The quantitative estimate of drug-likeness (QED) is 0.271. The molecular formula is C31H39N3O5S. The molecule has 0 fully saturated rings. The Labute approximate surface area is 238 Å². The monoisotopic (exact) mass is 565 g/mol. The first-order valence-corrected chi connectivity index (χ1v) is 15.1. The minimum atomic E-state index is -4.10. The minimum absolute atomic E-state index is 0.0683. The summed E-state index contributed by atoms with van der Waals surface area (Å²) in [6, 6.07) is 23.5. The van der Waals surface area contributed by atoms with Crippen molar-refractivity contribution in [1.82, 2.24) is 10.2 Å². The summed E-state index contributed by atoms with van der Waals surface area (Å²) in [5.74, 6) is -0.130. The largest absolute Gasteiger partial charge is 0.497 e. The van der Waals surface area contributed by atoms with E-state index in [-0.39, 0.29) is 17.3 Å². The molecule has 40 heavy (non-hydrogen) atoms. The molecule has 0 saturated heterocycles. The number of rotatable bonds is 15. The van der Waals surface area contributed by atoms with E-state index in [9.17, 15) is 18.0 Å². The second-order valence-electron chi connectivity index (χ2n) is 9.41. The summed E-state index contributed by atoms with van der Waals surface area (Å²) in [4.78, 5) is 28.8. The van der Waals surface area contributed by atoms with E-state index in [0.29, 0.717) is 30.8 Å². The summed E-state index contributed by atoms with van der Waals surface area (Å²) in [7, 11) is -2.57. The number of methoxy groups -OCH3 is 1. The van der Waals surface area contributed by atoms with Crippen molar-refractivity contribution in [3.63, 3.8) is 0 Å². The zero-order valence-electron chi connectivity index (χ0n) is 23.5. The lowest BCUT2D eigenvalue weighted by atomic mass is 10.1. The van der Waals surface area contributed by atoms with Crippen molar-refractivity contribution in [2.75, 3.05) is 31.0 Å². The standard InChI is InChI=1S/C31H39N3O5S/c1-4-6-22-32-31(36)29(5-2)33(23-21-25-13-9-7-10-14-25)30(35)24-34(26-17-19-27(39-3)20-18-26)40(37,38)28-15-11-8-12-16-28/h7-20,29H,4-6,21-24H2,1-3H3,(H,32,36)/t29-/m1/s1. The molecule has 3 aromatic rings. The van der Waals surface area contributed by atoms with Gasteiger partial charge in [-0.05, 0) is 61.2 Å². The second-order valence-corrected chi connectivity index (χ2v) is 11.3. The molecule has 0 spiro atoms. The molecule has 1 N–H and O–H groups in total. The summed E-state index contributed by atoms with van der Waals surface area (Å²) in [6.45, 7) is 4.23. The molecule has 0 aliphatic carbocycles. The maximum Gasteiger partial charge on any atom is 0.264 e. The van der Waals surface area contributed by atoms with Crippen LogP contribution >= 0.6 is 0 Å². The SMILES string of the molecule is CCCCNC(=O)[C@@H](CC)N(CCc1ccccc1)C(=O)CN(c1ccc(OC)cc1)S(=O)(=O)c1ccccc1. The molecule has 3 aromatic carbocycles. The molecule has 8 nitrogen and oxygen atoms in total. The van der Waals surface area contributed by atoms with Gasteiger partial charge in [0.15, 0.2) is 0 Å². The maximum absolute atomic E-state index is 14.0. The Morgan fingerprint density at radius 2 is 1.52 bits per heavy atom. The van der Waals surface area contributed by atoms with Gasteiger partial charge in [0.05, 0.1) is 17.7 Å². The Morgan fingerprint density at radius 3 is 2.10 bits per heavy atom. The highest BCUT2D eigenvalue weighted by molar-refractivity contribution is 7.92. The fraction of sp³-hybridized carbons (Fsp3) is 0.355. The van der Waals surface area contributed by atoms with Crippen LogP contribution in [0.25, 0.3) is 0 Å². The normalized spacial score (nSPS) is 11.9. The molecule has 0 aliphatic rings. The number of hydrogen-bond donors (Lipinski definition) is 1. The maximum atomic E-state index is 14.0. The van der Waals surface area contributed by atoms with Crippen LogP contribution in [0.5, 0.6) is 5.75 Å². The second kappa shape index (κ2) is 15.1. The van der Waals surface area contributed by atoms with Gasteiger partial charge in [-0.1, -0.05) is 68.8 Å². The average molecular weight is 566 g/mol. The van der Waals surface area contributed by atoms with Gasteiger partial charge in [0.1, 0.15) is 18.3 Å². The van der Waals surface area contributed by atoms with Crippen LogP contribution in [0.15, 0.2) is 89.8 Å². The Bertz CT molecular complexity index is 1320. The molecule has 214 valence electrons. The first kappa shape index (κ1) is 30.7. The molecule has 9 heteroatoms. The number of anilines is 1. The Hall–Kier alpha value is -3.85. The smallest absolute Gasteiger partial charge is 0.264 e. The van der Waals surface area contributed by atoms with Crippen molar-refractivity contribution in [2.24, 2.45) is 0 Å². The molecule has 0 heterocycles. The number of hydrogen-bond acceptors (Lipinski definition) is 5. The summed E-state index contributed by atoms with van der Waals surface area (Å²) >= 11 is 0. The van der Waals surface area contributed by atoms with E-state index in [2.05, 4.69) is 5.32 Å². The highest BCUT2D eigenvalue weighted by Crippen LogP contribution is 2.26. The number of nitrogens with one attached hydrogen (secondary N) is 1. The third kappa shape index (κ3) is 8.08. The van der Waals surface area contributed by atoms with Crippen molar-refractivity contribution in [1.29, 1.82) is 0 Å². The molecular weight excluding hydrogens is 526 g/mol. The summed E-state index contributed by atoms with van der Waals surface area (Å²) in [6.07, 6.45) is 2.69. The topological polar surface area (TPSA) is 96.0 Å². The molecule has 0 aliphatic heterocycles. The van der Waals surface area contributed by atoms with Crippen molar-refractivity contribution in [3.8, 4) is 5.75 Å². The van der Waals surface area contributed by atoms with Crippen molar-refractivity contribution < 1.29 is 22.7 Å². The van der Waals surface area contributed by atoms with Gasteiger partial charge in [0.2, 0.25) is 11.8 Å². The third-order valence-corrected chi connectivity index (χ3v) is 8.46. The lowest BCUT2D eigenvalue weighted by Crippen LogP contribution is -2.53. The van der Waals surface area contributed by atoms with E-state index in [4.69, 9.17) is 4.74 Å². The van der Waals surface area contributed by atoms with Gasteiger partial charge in [-0.15, -0.1) is 0 Å². The Morgan fingerprint density at radius 1 is 0.900 bits per heavy atom. The van der Waals surface area contributed by atoms with E-state index in [1.165, 1.54) is 24.1 Å². The fourth-order valence-corrected chi connectivity index (χ4v) is 5.83. The van der Waals surface area contributed by atoms with E-state index in [0.717, 1.165) is 22.7 Å². The molecule has 0 unspecified atom stereocenters. The predicted octanol–water partition coefficient (Wildman–Crippen LogP) is 4.66. The number of nitrogens with zero attached hydrogens (tertiary/aromatic N) is 2. The van der Waals surface area contributed by atoms with Crippen LogP contribution in [0.4, 0.5) is 5.69 Å². The zero-order valence-corrected chi connectivity index (χ0v) is 24.3. The number of benzene rings is 3. The van der Waals surface area contributed by atoms with Gasteiger partial charge >= 0.3 is 0 Å². The van der Waals surface area contributed by atoms with Crippen LogP contribution < -0.4 is 14.4 Å². The van der Waals surface area contributed by atoms with Gasteiger partial charge in [-0.2, -0.15) is 0 Å². The number of amides is 2. The average Bonchev–Trinajstić information content (AvgIpc) is 2.99. The fourth-order valence-electron chi connectivity index (χ4n) is 4.40. The van der Waals surface area contributed by atoms with Crippen LogP contribution in [-0.2, 0) is 26.0 Å². The third-order valence-electron chi connectivity index (χ3n) is 6.67.